The summed E-state index contributed by atoms with van der Waals surface area (Å²) in [7, 11) is 0. The second kappa shape index (κ2) is 6.24. The zero-order chi connectivity index (χ0) is 18.4. The van der Waals surface area contributed by atoms with Crippen molar-refractivity contribution in [1.82, 2.24) is 0 Å². The minimum atomic E-state index is -4.95. The fourth-order valence-corrected chi connectivity index (χ4v) is 4.00. The van der Waals surface area contributed by atoms with Gasteiger partial charge in [0, 0.05) is 18.9 Å². The predicted molar refractivity (Wildman–Crippen MR) is 86.2 cm³/mol. The topological polar surface area (TPSA) is 54.0 Å². The van der Waals surface area contributed by atoms with Crippen LogP contribution in [0.25, 0.3) is 5.76 Å². The molecule has 4 rings (SSSR count). The molecule has 5 nitrogen and oxygen atoms in total. The maximum atomic E-state index is 12.7. The zero-order valence-electron chi connectivity index (χ0n) is 13.7. The second-order valence-corrected chi connectivity index (χ2v) is 7.64. The Morgan fingerprint density at radius 2 is 1.69 bits per heavy atom. The Kier molecular flexibility index (Phi) is 4.28. The molecule has 26 heavy (non-hydrogen) atoms. The lowest BCUT2D eigenvalue weighted by Gasteiger charge is -2.44. The number of ether oxygens (including phenoxy) is 3. The normalized spacial score (nSPS) is 24.7. The van der Waals surface area contributed by atoms with E-state index in [1.807, 2.05) is 0 Å². The molecule has 1 aliphatic carbocycles. The van der Waals surface area contributed by atoms with E-state index >= 15 is 0 Å². The summed E-state index contributed by atoms with van der Waals surface area (Å²) in [5.41, 5.74) is -5.44. The molecule has 2 fully saturated rings. The first-order valence-corrected chi connectivity index (χ1v) is 9.35. The van der Waals surface area contributed by atoms with Gasteiger partial charge in [-0.05, 0) is 25.0 Å². The molecule has 2 heterocycles. The van der Waals surface area contributed by atoms with Gasteiger partial charge in [0.15, 0.2) is 11.5 Å². The van der Waals surface area contributed by atoms with Gasteiger partial charge < -0.3 is 18.4 Å². The first-order valence-electron chi connectivity index (χ1n) is 8.27. The second-order valence-electron chi connectivity index (χ2n) is 6.54. The number of hydrogen-bond acceptors (Lipinski definition) is 5. The maximum Gasteiger partial charge on any atom is 0.508 e. The Bertz CT molecular complexity index is 745. The van der Waals surface area contributed by atoms with E-state index in [4.69, 9.17) is 18.4 Å². The van der Waals surface area contributed by atoms with Gasteiger partial charge in [0.1, 0.15) is 11.4 Å². The summed E-state index contributed by atoms with van der Waals surface area (Å²) >= 11 is -3.44. The van der Waals surface area contributed by atoms with Crippen LogP contribution in [0.15, 0.2) is 30.3 Å². The van der Waals surface area contributed by atoms with Crippen LogP contribution in [0.3, 0.4) is 0 Å². The first kappa shape index (κ1) is 17.8. The molecule has 1 unspecified atom stereocenters. The number of para-hydroxylation sites is 1. The van der Waals surface area contributed by atoms with Crippen LogP contribution in [0.2, 0.25) is 0 Å². The standard InChI is InChI=1S/C17H17F3O5S/c18-17(19,20)26(21)25-14-11-15(24-13-4-2-1-3-12(13)14)5-7-16(8-6-15)22-9-10-23-16/h1-4,11H,5-10H2. The van der Waals surface area contributed by atoms with Gasteiger partial charge in [0.25, 0.3) is 0 Å². The lowest BCUT2D eigenvalue weighted by atomic mass is 9.79. The molecule has 0 aromatic heterocycles. The van der Waals surface area contributed by atoms with Crippen molar-refractivity contribution >= 4 is 16.8 Å². The van der Waals surface area contributed by atoms with Gasteiger partial charge in [-0.15, -0.1) is 0 Å². The molecule has 0 amide bonds. The summed E-state index contributed by atoms with van der Waals surface area (Å²) in [6, 6.07) is 6.62. The summed E-state index contributed by atoms with van der Waals surface area (Å²) in [5, 5.41) is 0. The highest BCUT2D eigenvalue weighted by atomic mass is 32.2. The highest BCUT2D eigenvalue weighted by molar-refractivity contribution is 7.81. The molecule has 1 atom stereocenters. The van der Waals surface area contributed by atoms with Crippen LogP contribution in [0.4, 0.5) is 13.2 Å². The first-order chi connectivity index (χ1) is 12.3. The van der Waals surface area contributed by atoms with E-state index in [0.29, 0.717) is 50.2 Å². The predicted octanol–water partition coefficient (Wildman–Crippen LogP) is 3.68. The van der Waals surface area contributed by atoms with Crippen LogP contribution in [0.1, 0.15) is 31.2 Å². The molecule has 2 aliphatic heterocycles. The van der Waals surface area contributed by atoms with Crippen LogP contribution in [-0.2, 0) is 24.7 Å². The fraction of sp³-hybridized carbons (Fsp3) is 0.529. The van der Waals surface area contributed by atoms with E-state index in [1.54, 1.807) is 24.3 Å². The Labute approximate surface area is 150 Å². The van der Waals surface area contributed by atoms with Gasteiger partial charge in [0.05, 0.1) is 18.8 Å². The molecule has 2 spiro atoms. The van der Waals surface area contributed by atoms with Crippen molar-refractivity contribution in [2.75, 3.05) is 13.2 Å². The molecule has 0 radical (unpaired) electrons. The van der Waals surface area contributed by atoms with Gasteiger partial charge in [-0.2, -0.15) is 13.2 Å². The van der Waals surface area contributed by atoms with Gasteiger partial charge >= 0.3 is 16.6 Å². The van der Waals surface area contributed by atoms with E-state index in [2.05, 4.69) is 0 Å². The molecule has 1 aromatic carbocycles. The average Bonchev–Trinajstić information content (AvgIpc) is 3.06. The van der Waals surface area contributed by atoms with E-state index < -0.39 is 28.0 Å². The van der Waals surface area contributed by atoms with Crippen LogP contribution in [0, 0.1) is 0 Å². The minimum Gasteiger partial charge on any atom is -0.482 e. The van der Waals surface area contributed by atoms with Gasteiger partial charge in [-0.1, -0.05) is 12.1 Å². The Morgan fingerprint density at radius 1 is 1.04 bits per heavy atom. The summed E-state index contributed by atoms with van der Waals surface area (Å²) in [5.74, 6) is -0.296. The molecule has 3 aliphatic rings. The highest BCUT2D eigenvalue weighted by Gasteiger charge is 2.49. The number of hydrogen-bond donors (Lipinski definition) is 0. The highest BCUT2D eigenvalue weighted by Crippen LogP contribution is 2.48. The van der Waals surface area contributed by atoms with E-state index in [0.717, 1.165) is 0 Å². The minimum absolute atomic E-state index is 0.0771. The number of alkyl halides is 3. The molecule has 0 bridgehead atoms. The third-order valence-electron chi connectivity index (χ3n) is 4.89. The fourth-order valence-electron chi connectivity index (χ4n) is 3.61. The monoisotopic (exact) mass is 390 g/mol. The van der Waals surface area contributed by atoms with Crippen molar-refractivity contribution in [3.8, 4) is 5.75 Å². The van der Waals surface area contributed by atoms with Crippen LogP contribution in [0.5, 0.6) is 5.75 Å². The van der Waals surface area contributed by atoms with Crippen molar-refractivity contribution in [3.63, 3.8) is 0 Å². The van der Waals surface area contributed by atoms with Crippen LogP contribution >= 0.6 is 0 Å². The van der Waals surface area contributed by atoms with E-state index in [1.165, 1.54) is 6.08 Å². The quantitative estimate of drug-likeness (QED) is 0.771. The molecule has 9 heteroatoms. The number of halogens is 3. The SMILES string of the molecule is O=S(OC1=CC2(CCC3(CC2)OCCO3)Oc2ccccc21)C(F)(F)F. The lowest BCUT2D eigenvalue weighted by Crippen LogP contribution is -2.47. The van der Waals surface area contributed by atoms with Crippen molar-refractivity contribution in [2.45, 2.75) is 42.6 Å². The number of rotatable bonds is 2. The van der Waals surface area contributed by atoms with Crippen molar-refractivity contribution < 1.29 is 35.8 Å². The molecule has 142 valence electrons. The zero-order valence-corrected chi connectivity index (χ0v) is 14.5. The molecular formula is C17H17F3O5S. The summed E-state index contributed by atoms with van der Waals surface area (Å²) in [4.78, 5) is 0. The summed E-state index contributed by atoms with van der Waals surface area (Å²) < 4.78 is 71.8. The molecule has 0 N–H and O–H groups in total. The van der Waals surface area contributed by atoms with Crippen molar-refractivity contribution in [3.05, 3.63) is 35.9 Å². The van der Waals surface area contributed by atoms with Gasteiger partial charge in [-0.25, -0.2) is 4.21 Å². The van der Waals surface area contributed by atoms with Gasteiger partial charge in [-0.3, -0.25) is 0 Å². The van der Waals surface area contributed by atoms with E-state index in [9.17, 15) is 17.4 Å². The Morgan fingerprint density at radius 3 is 2.35 bits per heavy atom. The van der Waals surface area contributed by atoms with Crippen LogP contribution < -0.4 is 4.74 Å². The summed E-state index contributed by atoms with van der Waals surface area (Å²) in [6.45, 7) is 1.07. The third-order valence-corrected chi connectivity index (χ3v) is 5.59. The van der Waals surface area contributed by atoms with Crippen molar-refractivity contribution in [1.29, 1.82) is 0 Å². The molecular weight excluding hydrogens is 373 g/mol. The van der Waals surface area contributed by atoms with Crippen LogP contribution in [-0.4, -0.2) is 34.3 Å². The average molecular weight is 390 g/mol. The summed E-state index contributed by atoms with van der Waals surface area (Å²) in [6.07, 6.45) is 3.61. The third kappa shape index (κ3) is 3.23. The molecule has 1 saturated carbocycles. The molecule has 1 saturated heterocycles. The smallest absolute Gasteiger partial charge is 0.482 e. The number of fused-ring (bicyclic) bond motifs is 1. The Hall–Kier alpha value is -1.58. The van der Waals surface area contributed by atoms with Gasteiger partial charge in [0.2, 0.25) is 0 Å². The van der Waals surface area contributed by atoms with E-state index in [-0.39, 0.29) is 5.76 Å². The maximum absolute atomic E-state index is 12.7. The lowest BCUT2D eigenvalue weighted by molar-refractivity contribution is -0.193. The largest absolute Gasteiger partial charge is 0.508 e. The van der Waals surface area contributed by atoms with Crippen molar-refractivity contribution in [2.24, 2.45) is 0 Å². The molecule has 1 aromatic rings. The number of benzene rings is 1. The Balaban J connectivity index is 1.63.